The largest absolute Gasteiger partial charge is 0.343 e. The number of nitrogens with zero attached hydrogens (tertiary/aromatic N) is 4. The van der Waals surface area contributed by atoms with Crippen LogP contribution in [-0.2, 0) is 12.8 Å². The van der Waals surface area contributed by atoms with E-state index < -0.39 is 0 Å². The number of fused-ring (bicyclic) bond motifs is 4. The number of aromatic nitrogens is 5. The maximum Gasteiger partial charge on any atom is 0.143 e. The molecule has 5 rings (SSSR count). The number of hydrogen-bond acceptors (Lipinski definition) is 4. The Labute approximate surface area is 154 Å². The highest BCUT2D eigenvalue weighted by Crippen LogP contribution is 2.36. The van der Waals surface area contributed by atoms with Gasteiger partial charge in [0.05, 0.1) is 27.8 Å². The number of pyridine rings is 1. The molecule has 1 aliphatic rings. The highest BCUT2D eigenvalue weighted by Gasteiger charge is 2.23. The summed E-state index contributed by atoms with van der Waals surface area (Å²) in [5, 5.41) is 9.27. The molecule has 0 saturated heterocycles. The maximum atomic E-state index is 6.55. The Morgan fingerprint density at radius 1 is 1.35 bits per heavy atom. The molecule has 26 heavy (non-hydrogen) atoms. The number of aryl methyl sites for hydroxylation is 1. The molecule has 0 bridgehead atoms. The minimum atomic E-state index is 0.513. The van der Waals surface area contributed by atoms with Crippen molar-refractivity contribution in [3.8, 4) is 0 Å². The molecule has 0 radical (unpaired) electrons. The number of anilines is 2. The summed E-state index contributed by atoms with van der Waals surface area (Å²) in [5.41, 5.74) is 5.04. The molecule has 0 unspecified atom stereocenters. The van der Waals surface area contributed by atoms with Crippen molar-refractivity contribution in [1.82, 2.24) is 24.6 Å². The van der Waals surface area contributed by atoms with Gasteiger partial charge in [0, 0.05) is 11.9 Å². The summed E-state index contributed by atoms with van der Waals surface area (Å²) >= 11 is 6.55. The summed E-state index contributed by atoms with van der Waals surface area (Å²) in [6.07, 6.45) is 10.3. The molecule has 7 heteroatoms. The minimum Gasteiger partial charge on any atom is -0.343 e. The quantitative estimate of drug-likeness (QED) is 0.532. The van der Waals surface area contributed by atoms with Gasteiger partial charge in [-0.3, -0.25) is 0 Å². The molecule has 130 valence electrons. The molecule has 4 aromatic heterocycles. The summed E-state index contributed by atoms with van der Waals surface area (Å²) in [6, 6.07) is 3.79. The van der Waals surface area contributed by atoms with E-state index in [9.17, 15) is 0 Å². The molecule has 0 aromatic carbocycles. The third kappa shape index (κ3) is 2.29. The van der Waals surface area contributed by atoms with E-state index in [2.05, 4.69) is 31.9 Å². The first-order valence-corrected chi connectivity index (χ1v) is 8.98. The van der Waals surface area contributed by atoms with Crippen molar-refractivity contribution in [2.24, 2.45) is 5.92 Å². The summed E-state index contributed by atoms with van der Waals surface area (Å²) in [7, 11) is 0. The fraction of sp³-hybridized carbons (Fsp3) is 0.211. The molecule has 4 heterocycles. The van der Waals surface area contributed by atoms with Crippen LogP contribution in [0.5, 0.6) is 0 Å². The molecule has 0 saturated carbocycles. The zero-order chi connectivity index (χ0) is 17.7. The van der Waals surface area contributed by atoms with Gasteiger partial charge in [-0.05, 0) is 42.9 Å². The molecule has 0 fully saturated rings. The van der Waals surface area contributed by atoms with Crippen molar-refractivity contribution in [3.05, 3.63) is 59.8 Å². The number of rotatable bonds is 3. The topological polar surface area (TPSA) is 70.9 Å². The van der Waals surface area contributed by atoms with Crippen LogP contribution in [0.2, 0.25) is 5.02 Å². The third-order valence-electron chi connectivity index (χ3n) is 5.11. The molecular weight excluding hydrogens is 348 g/mol. The summed E-state index contributed by atoms with van der Waals surface area (Å²) in [5.74, 6) is 1.29. The average Bonchev–Trinajstić information content (AvgIpc) is 3.28. The van der Waals surface area contributed by atoms with Gasteiger partial charge in [-0.15, -0.1) is 6.58 Å². The second-order valence-electron chi connectivity index (χ2n) is 6.60. The van der Waals surface area contributed by atoms with E-state index >= 15 is 0 Å². The molecule has 6 nitrogen and oxygen atoms in total. The van der Waals surface area contributed by atoms with E-state index in [1.54, 1.807) is 17.0 Å². The minimum absolute atomic E-state index is 0.513. The number of allylic oxidation sites excluding steroid dienone is 1. The van der Waals surface area contributed by atoms with Gasteiger partial charge >= 0.3 is 0 Å². The van der Waals surface area contributed by atoms with Crippen LogP contribution in [0.25, 0.3) is 16.6 Å². The summed E-state index contributed by atoms with van der Waals surface area (Å²) in [6.45, 7) is 3.94. The lowest BCUT2D eigenvalue weighted by atomic mass is 9.87. The van der Waals surface area contributed by atoms with Crippen LogP contribution in [0.1, 0.15) is 17.7 Å². The SMILES string of the molecule is C=C[C@H]1CCc2c([nH]c3ncnc(Nc4ccn5nccc5c4Cl)c23)C1. The van der Waals surface area contributed by atoms with Crippen LogP contribution in [0.4, 0.5) is 11.5 Å². The predicted molar refractivity (Wildman–Crippen MR) is 103 cm³/mol. The van der Waals surface area contributed by atoms with Crippen molar-refractivity contribution >= 4 is 39.7 Å². The van der Waals surface area contributed by atoms with Crippen LogP contribution in [0, 0.1) is 5.92 Å². The van der Waals surface area contributed by atoms with E-state index in [1.807, 2.05) is 24.4 Å². The first-order chi connectivity index (χ1) is 12.7. The van der Waals surface area contributed by atoms with Crippen molar-refractivity contribution < 1.29 is 0 Å². The Balaban J connectivity index is 1.61. The van der Waals surface area contributed by atoms with Gasteiger partial charge < -0.3 is 10.3 Å². The molecule has 1 aliphatic carbocycles. The zero-order valence-corrected chi connectivity index (χ0v) is 14.8. The zero-order valence-electron chi connectivity index (χ0n) is 14.0. The highest BCUT2D eigenvalue weighted by molar-refractivity contribution is 6.36. The Bertz CT molecular complexity index is 1140. The van der Waals surface area contributed by atoms with Gasteiger partial charge in [0.2, 0.25) is 0 Å². The maximum absolute atomic E-state index is 6.55. The van der Waals surface area contributed by atoms with Crippen molar-refractivity contribution in [2.45, 2.75) is 19.3 Å². The second-order valence-corrected chi connectivity index (χ2v) is 6.97. The van der Waals surface area contributed by atoms with E-state index in [1.165, 1.54) is 11.3 Å². The van der Waals surface area contributed by atoms with Crippen molar-refractivity contribution in [3.63, 3.8) is 0 Å². The lowest BCUT2D eigenvalue weighted by molar-refractivity contribution is 0.550. The molecule has 4 aromatic rings. The lowest BCUT2D eigenvalue weighted by Crippen LogP contribution is -2.11. The molecule has 0 aliphatic heterocycles. The summed E-state index contributed by atoms with van der Waals surface area (Å²) < 4.78 is 1.75. The Morgan fingerprint density at radius 2 is 2.27 bits per heavy atom. The number of aromatic amines is 1. The second kappa shape index (κ2) is 5.85. The van der Waals surface area contributed by atoms with Crippen LogP contribution in [0.15, 0.2) is 43.5 Å². The van der Waals surface area contributed by atoms with Crippen LogP contribution < -0.4 is 5.32 Å². The third-order valence-corrected chi connectivity index (χ3v) is 5.51. The predicted octanol–water partition coefficient (Wildman–Crippen LogP) is 4.29. The molecular formula is C19H17ClN6. The van der Waals surface area contributed by atoms with Gasteiger partial charge in [-0.2, -0.15) is 5.10 Å². The van der Waals surface area contributed by atoms with Crippen LogP contribution in [0.3, 0.4) is 0 Å². The van der Waals surface area contributed by atoms with Gasteiger partial charge in [0.15, 0.2) is 0 Å². The molecule has 2 N–H and O–H groups in total. The fourth-order valence-electron chi connectivity index (χ4n) is 3.76. The standard InChI is InChI=1S/C19H17ClN6/c1-2-11-3-4-12-14(9-11)25-19-16(12)18(21-10-22-19)24-13-6-8-26-15(17(13)20)5-7-23-26/h2,5-8,10-11H,1,3-4,9H2,(H2,21,22,24,25)/t11-/m0/s1. The van der Waals surface area contributed by atoms with Crippen molar-refractivity contribution in [2.75, 3.05) is 5.32 Å². The first kappa shape index (κ1) is 15.4. The van der Waals surface area contributed by atoms with Gasteiger partial charge in [-0.25, -0.2) is 14.5 Å². The molecule has 0 amide bonds. The highest BCUT2D eigenvalue weighted by atomic mass is 35.5. The van der Waals surface area contributed by atoms with Crippen LogP contribution in [-0.4, -0.2) is 24.6 Å². The number of nitrogens with one attached hydrogen (secondary N) is 2. The molecule has 1 atom stereocenters. The van der Waals surface area contributed by atoms with Gasteiger partial charge in [0.1, 0.15) is 17.8 Å². The normalized spacial score (nSPS) is 16.7. The average molecular weight is 365 g/mol. The van der Waals surface area contributed by atoms with E-state index in [4.69, 9.17) is 11.6 Å². The number of halogens is 1. The van der Waals surface area contributed by atoms with E-state index in [0.29, 0.717) is 10.9 Å². The van der Waals surface area contributed by atoms with Gasteiger partial charge in [-0.1, -0.05) is 17.7 Å². The van der Waals surface area contributed by atoms with E-state index in [-0.39, 0.29) is 0 Å². The van der Waals surface area contributed by atoms with Crippen molar-refractivity contribution in [1.29, 1.82) is 0 Å². The first-order valence-electron chi connectivity index (χ1n) is 8.60. The number of H-pyrrole nitrogens is 1. The fourth-order valence-corrected chi connectivity index (χ4v) is 4.02. The Kier molecular flexibility index (Phi) is 3.46. The monoisotopic (exact) mass is 364 g/mol. The van der Waals surface area contributed by atoms with E-state index in [0.717, 1.165) is 47.3 Å². The van der Waals surface area contributed by atoms with Gasteiger partial charge in [0.25, 0.3) is 0 Å². The Morgan fingerprint density at radius 3 is 3.15 bits per heavy atom. The lowest BCUT2D eigenvalue weighted by Gasteiger charge is -2.19. The smallest absolute Gasteiger partial charge is 0.143 e. The van der Waals surface area contributed by atoms with Crippen LogP contribution >= 0.6 is 11.6 Å². The summed E-state index contributed by atoms with van der Waals surface area (Å²) in [4.78, 5) is 12.4. The molecule has 0 spiro atoms. The number of hydrogen-bond donors (Lipinski definition) is 2. The Hall–Kier alpha value is -2.86.